The van der Waals surface area contributed by atoms with Gasteiger partial charge in [0.05, 0.1) is 23.7 Å². The number of sulfone groups is 1. The summed E-state index contributed by atoms with van der Waals surface area (Å²) >= 11 is 0. The molecule has 36 heavy (non-hydrogen) atoms. The summed E-state index contributed by atoms with van der Waals surface area (Å²) in [5, 5.41) is 21.7. The van der Waals surface area contributed by atoms with Crippen molar-refractivity contribution >= 4 is 39.4 Å². The van der Waals surface area contributed by atoms with E-state index in [1.54, 1.807) is 13.2 Å². The van der Waals surface area contributed by atoms with Crippen LogP contribution in [0.2, 0.25) is 6.32 Å². The summed E-state index contributed by atoms with van der Waals surface area (Å²) in [4.78, 5) is 0. The number of benzene rings is 3. The minimum Gasteiger partial charge on any atom is -0.507 e. The van der Waals surface area contributed by atoms with Gasteiger partial charge in [-0.25, -0.2) is 8.42 Å². The number of fused-ring (bicyclic) bond motifs is 2. The molecule has 0 aromatic heterocycles. The fourth-order valence-corrected chi connectivity index (χ4v) is 7.54. The molecule has 2 heterocycles. The van der Waals surface area contributed by atoms with E-state index in [0.29, 0.717) is 12.8 Å². The zero-order chi connectivity index (χ0) is 25.3. The van der Waals surface area contributed by atoms with E-state index in [0.717, 1.165) is 38.6 Å². The summed E-state index contributed by atoms with van der Waals surface area (Å²) in [6.07, 6.45) is 2.78. The van der Waals surface area contributed by atoms with Crippen molar-refractivity contribution in [2.75, 3.05) is 19.5 Å². The third-order valence-electron chi connectivity index (χ3n) is 7.05. The van der Waals surface area contributed by atoms with E-state index < -0.39 is 28.3 Å². The molecule has 1 fully saturated rings. The van der Waals surface area contributed by atoms with Crippen LogP contribution in [-0.2, 0) is 19.2 Å². The molecule has 6 nitrogen and oxygen atoms in total. The minimum absolute atomic E-state index is 0.0473. The topological polar surface area (TPSA) is 93.1 Å². The predicted octanol–water partition coefficient (Wildman–Crippen LogP) is 4.49. The number of aromatic hydroxyl groups is 1. The van der Waals surface area contributed by atoms with Gasteiger partial charge in [0.2, 0.25) is 0 Å². The molecule has 0 amide bonds. The Kier molecular flexibility index (Phi) is 7.04. The fraction of sp³-hybridized carbons (Fsp3) is 0.286. The molecule has 2 atom stereocenters. The van der Waals surface area contributed by atoms with Crippen LogP contribution in [0, 0.1) is 0 Å². The number of hydrogen-bond donors (Lipinski definition) is 2. The molecule has 1 saturated heterocycles. The normalized spacial score (nSPS) is 21.7. The Hall–Kier alpha value is -2.91. The van der Waals surface area contributed by atoms with E-state index >= 15 is 0 Å². The first-order valence-electron chi connectivity index (χ1n) is 12.1. The van der Waals surface area contributed by atoms with E-state index in [9.17, 15) is 18.5 Å². The first-order chi connectivity index (χ1) is 17.4. The monoisotopic (exact) mass is 504 g/mol. The van der Waals surface area contributed by atoms with E-state index in [1.165, 1.54) is 0 Å². The van der Waals surface area contributed by atoms with Gasteiger partial charge < -0.3 is 19.5 Å². The molecule has 0 unspecified atom stereocenters. The highest BCUT2D eigenvalue weighted by molar-refractivity contribution is 7.92. The lowest BCUT2D eigenvalue weighted by Crippen LogP contribution is -2.42. The van der Waals surface area contributed by atoms with Gasteiger partial charge in [-0.05, 0) is 52.1 Å². The van der Waals surface area contributed by atoms with Crippen molar-refractivity contribution in [1.29, 1.82) is 0 Å². The highest BCUT2D eigenvalue weighted by Gasteiger charge is 2.48. The van der Waals surface area contributed by atoms with Crippen LogP contribution in [0.5, 0.6) is 5.75 Å². The first kappa shape index (κ1) is 24.8. The largest absolute Gasteiger partial charge is 0.507 e. The average Bonchev–Trinajstić information content (AvgIpc) is 3.13. The maximum absolute atomic E-state index is 12.8. The van der Waals surface area contributed by atoms with Gasteiger partial charge in [0.15, 0.2) is 9.84 Å². The Labute approximate surface area is 211 Å². The quantitative estimate of drug-likeness (QED) is 0.280. The number of phenolic OH excluding ortho intramolecular Hbond substituents is 1. The van der Waals surface area contributed by atoms with Gasteiger partial charge in [0, 0.05) is 18.8 Å². The third kappa shape index (κ3) is 4.86. The van der Waals surface area contributed by atoms with Crippen LogP contribution in [0.4, 0.5) is 0 Å². The second-order valence-electron chi connectivity index (χ2n) is 9.40. The standard InChI is InChI=1S/C28H29BO6S/c1-34-17-22-18-36(32,33)27-16-29(31)35-26(28(22)27)14-12-20(19-7-3-2-4-8-19)15-21-11-13-25(30)24-10-6-5-9-23(21)24/h2-11,13,15,26-27,30-31H,12,14,16-18H2,1H3/b20-15-/t26-,27+/m1/s1. The molecule has 8 heteroatoms. The molecule has 2 aliphatic rings. The summed E-state index contributed by atoms with van der Waals surface area (Å²) in [5.74, 6) is 0.189. The Morgan fingerprint density at radius 2 is 1.81 bits per heavy atom. The molecule has 0 bridgehead atoms. The molecule has 0 spiro atoms. The Morgan fingerprint density at radius 1 is 1.08 bits per heavy atom. The van der Waals surface area contributed by atoms with Crippen LogP contribution in [0.15, 0.2) is 77.9 Å². The Bertz CT molecular complexity index is 1430. The summed E-state index contributed by atoms with van der Waals surface area (Å²) < 4.78 is 36.9. The van der Waals surface area contributed by atoms with Crippen molar-refractivity contribution in [1.82, 2.24) is 0 Å². The number of phenols is 1. The van der Waals surface area contributed by atoms with E-state index in [1.807, 2.05) is 60.7 Å². The van der Waals surface area contributed by atoms with Crippen molar-refractivity contribution < 1.29 is 27.9 Å². The van der Waals surface area contributed by atoms with E-state index in [2.05, 4.69) is 6.08 Å². The van der Waals surface area contributed by atoms with Gasteiger partial charge in [0.25, 0.3) is 0 Å². The van der Waals surface area contributed by atoms with Gasteiger partial charge in [-0.3, -0.25) is 0 Å². The second-order valence-corrected chi connectivity index (χ2v) is 11.6. The lowest BCUT2D eigenvalue weighted by molar-refractivity contribution is 0.167. The van der Waals surface area contributed by atoms with Gasteiger partial charge in [0.1, 0.15) is 5.75 Å². The minimum atomic E-state index is -3.38. The van der Waals surface area contributed by atoms with Crippen molar-refractivity contribution in [2.24, 2.45) is 0 Å². The fourth-order valence-electron chi connectivity index (χ4n) is 5.44. The molecule has 2 N–H and O–H groups in total. The van der Waals surface area contributed by atoms with Gasteiger partial charge in [-0.2, -0.15) is 0 Å². The molecular formula is C28H29BO6S. The number of rotatable bonds is 7. The highest BCUT2D eigenvalue weighted by Crippen LogP contribution is 2.40. The summed E-state index contributed by atoms with van der Waals surface area (Å²) in [6.45, 7) is 0.238. The Balaban J connectivity index is 1.51. The summed E-state index contributed by atoms with van der Waals surface area (Å²) in [6, 6.07) is 21.4. The van der Waals surface area contributed by atoms with Crippen molar-refractivity contribution in [3.05, 3.63) is 89.0 Å². The van der Waals surface area contributed by atoms with Crippen LogP contribution < -0.4 is 0 Å². The number of allylic oxidation sites excluding steroid dienone is 1. The van der Waals surface area contributed by atoms with Gasteiger partial charge in [-0.15, -0.1) is 0 Å². The highest BCUT2D eigenvalue weighted by atomic mass is 32.2. The van der Waals surface area contributed by atoms with Crippen molar-refractivity contribution in [2.45, 2.75) is 30.5 Å². The second kappa shape index (κ2) is 10.2. The van der Waals surface area contributed by atoms with E-state index in [4.69, 9.17) is 9.39 Å². The average molecular weight is 504 g/mol. The van der Waals surface area contributed by atoms with Crippen molar-refractivity contribution in [3.8, 4) is 5.75 Å². The summed E-state index contributed by atoms with van der Waals surface area (Å²) in [5.41, 5.74) is 4.58. The number of hydrogen-bond acceptors (Lipinski definition) is 6. The third-order valence-corrected chi connectivity index (χ3v) is 9.12. The SMILES string of the molecule is COCC1=C2[C@@H](CC/C(=C/c3ccc(O)c4ccccc34)c3ccccc3)OB(O)C[C@@H]2S(=O)(=O)C1. The number of methoxy groups -OCH3 is 1. The van der Waals surface area contributed by atoms with Gasteiger partial charge in [-0.1, -0.05) is 66.7 Å². The first-order valence-corrected chi connectivity index (χ1v) is 13.8. The van der Waals surface area contributed by atoms with Gasteiger partial charge >= 0.3 is 7.12 Å². The van der Waals surface area contributed by atoms with Crippen LogP contribution in [0.25, 0.3) is 22.4 Å². The molecule has 2 aliphatic heterocycles. The molecule has 0 aliphatic carbocycles. The van der Waals surface area contributed by atoms with Crippen LogP contribution in [0.1, 0.15) is 24.0 Å². The molecule has 3 aromatic rings. The molecule has 0 saturated carbocycles. The maximum atomic E-state index is 12.8. The van der Waals surface area contributed by atoms with E-state index in [-0.39, 0.29) is 24.4 Å². The number of ether oxygens (including phenoxy) is 1. The molecule has 0 radical (unpaired) electrons. The molecule has 5 rings (SSSR count). The lowest BCUT2D eigenvalue weighted by atomic mass is 9.74. The smallest absolute Gasteiger partial charge is 0.456 e. The Morgan fingerprint density at radius 3 is 2.56 bits per heavy atom. The molecule has 186 valence electrons. The summed E-state index contributed by atoms with van der Waals surface area (Å²) in [7, 11) is -2.95. The van der Waals surface area contributed by atoms with Crippen LogP contribution in [0.3, 0.4) is 0 Å². The zero-order valence-corrected chi connectivity index (χ0v) is 20.9. The molecular weight excluding hydrogens is 475 g/mol. The predicted molar refractivity (Wildman–Crippen MR) is 143 cm³/mol. The van der Waals surface area contributed by atoms with Crippen LogP contribution >= 0.6 is 0 Å². The lowest BCUT2D eigenvalue weighted by Gasteiger charge is -2.32. The maximum Gasteiger partial charge on any atom is 0.456 e. The van der Waals surface area contributed by atoms with Crippen LogP contribution in [-0.4, -0.2) is 56.5 Å². The zero-order valence-electron chi connectivity index (χ0n) is 20.1. The van der Waals surface area contributed by atoms with Crippen molar-refractivity contribution in [3.63, 3.8) is 0 Å². The molecule has 3 aromatic carbocycles.